The molecule has 2 rings (SSSR count). The molecule has 1 unspecified atom stereocenters. The quantitative estimate of drug-likeness (QED) is 0.528. The van der Waals surface area contributed by atoms with E-state index in [1.807, 2.05) is 0 Å². The zero-order valence-corrected chi connectivity index (χ0v) is 11.8. The van der Waals surface area contributed by atoms with E-state index in [4.69, 9.17) is 21.4 Å². The Kier molecular flexibility index (Phi) is 3.95. The number of aliphatic carboxylic acids is 1. The van der Waals surface area contributed by atoms with E-state index in [1.54, 1.807) is 24.3 Å². The number of carbonyl (C=O) groups excluding carboxylic acids is 1. The van der Waals surface area contributed by atoms with Crippen LogP contribution in [0.25, 0.3) is 5.76 Å². The van der Waals surface area contributed by atoms with E-state index in [0.717, 1.165) is 0 Å². The van der Waals surface area contributed by atoms with E-state index in [-0.39, 0.29) is 11.4 Å². The summed E-state index contributed by atoms with van der Waals surface area (Å²) < 4.78 is 5.34. The molecule has 1 aromatic rings. The number of carbonyl (C=O) groups is 2. The molecule has 0 spiro atoms. The Labute approximate surface area is 121 Å². The van der Waals surface area contributed by atoms with Crippen LogP contribution in [0.15, 0.2) is 41.5 Å². The number of hydrogen-bond donors (Lipinski definition) is 1. The summed E-state index contributed by atoms with van der Waals surface area (Å²) in [5, 5.41) is 8.01. The van der Waals surface area contributed by atoms with Gasteiger partial charge in [-0.15, -0.1) is 11.6 Å². The van der Waals surface area contributed by atoms with Gasteiger partial charge in [0.25, 0.3) is 7.11 Å². The van der Waals surface area contributed by atoms with Gasteiger partial charge in [-0.3, -0.25) is 9.53 Å². The lowest BCUT2D eigenvalue weighted by molar-refractivity contribution is -0.132. The first-order chi connectivity index (χ1) is 9.47. The normalized spacial score (nSPS) is 18.9. The molecule has 103 valence electrons. The monoisotopic (exact) mass is 292 g/mol. The lowest BCUT2D eigenvalue weighted by Gasteiger charge is -2.17. The van der Waals surface area contributed by atoms with Crippen molar-refractivity contribution in [2.24, 2.45) is 0 Å². The van der Waals surface area contributed by atoms with Crippen molar-refractivity contribution in [2.75, 3.05) is 7.11 Å². The lowest BCUT2D eigenvalue weighted by atomic mass is 9.88. The SMILES string of the molecule is C[O+]C1=C(/C=C(/C)C(=O)O)C(Cl)C(=O)c2ccccc21. The van der Waals surface area contributed by atoms with Crippen LogP contribution >= 0.6 is 11.6 Å². The van der Waals surface area contributed by atoms with Gasteiger partial charge in [-0.2, -0.15) is 0 Å². The largest absolute Gasteiger partial charge is 0.478 e. The Morgan fingerprint density at radius 3 is 2.50 bits per heavy atom. The molecular formula is C15H13ClO4+. The number of ketones is 1. The number of alkyl halides is 1. The molecule has 0 aliphatic heterocycles. The molecule has 0 fully saturated rings. The van der Waals surface area contributed by atoms with Crippen LogP contribution in [0.3, 0.4) is 0 Å². The molecule has 0 saturated carbocycles. The van der Waals surface area contributed by atoms with Gasteiger partial charge in [0.15, 0.2) is 5.78 Å². The summed E-state index contributed by atoms with van der Waals surface area (Å²) >= 11 is 6.16. The Morgan fingerprint density at radius 2 is 1.95 bits per heavy atom. The standard InChI is InChI=1S/C15H13ClO4/c1-8(15(18)19)7-11-12(16)13(17)9-5-3-4-6-10(9)14(11)20-2/h3-7,12H,1-2H3,(H,18,19)/q+1/b8-7-. The summed E-state index contributed by atoms with van der Waals surface area (Å²) in [7, 11) is 1.47. The smallest absolute Gasteiger partial charge is 0.356 e. The van der Waals surface area contributed by atoms with Gasteiger partial charge in [-0.1, -0.05) is 18.2 Å². The number of fused-ring (bicyclic) bond motifs is 1. The average molecular weight is 293 g/mol. The zero-order chi connectivity index (χ0) is 14.9. The molecule has 1 radical (unpaired) electrons. The third-order valence-electron chi connectivity index (χ3n) is 3.12. The van der Waals surface area contributed by atoms with Crippen molar-refractivity contribution >= 4 is 29.1 Å². The summed E-state index contributed by atoms with van der Waals surface area (Å²) in [6.45, 7) is 1.44. The van der Waals surface area contributed by atoms with E-state index in [0.29, 0.717) is 22.5 Å². The van der Waals surface area contributed by atoms with Crippen LogP contribution < -0.4 is 0 Å². The van der Waals surface area contributed by atoms with Crippen LogP contribution in [-0.4, -0.2) is 29.3 Å². The Balaban J connectivity index is 2.69. The highest BCUT2D eigenvalue weighted by molar-refractivity contribution is 6.38. The highest BCUT2D eigenvalue weighted by Gasteiger charge is 2.38. The fourth-order valence-electron chi connectivity index (χ4n) is 2.11. The van der Waals surface area contributed by atoms with Crippen LogP contribution in [0.4, 0.5) is 0 Å². The number of Topliss-reactive ketones (excluding diaryl/α,β-unsaturated/α-hetero) is 1. The molecule has 20 heavy (non-hydrogen) atoms. The molecule has 0 amide bonds. The minimum Gasteiger partial charge on any atom is -0.478 e. The molecule has 0 heterocycles. The van der Waals surface area contributed by atoms with Crippen molar-refractivity contribution in [1.29, 1.82) is 0 Å². The van der Waals surface area contributed by atoms with E-state index in [1.165, 1.54) is 20.1 Å². The van der Waals surface area contributed by atoms with Crippen LogP contribution in [0.1, 0.15) is 22.8 Å². The van der Waals surface area contributed by atoms with Gasteiger partial charge in [-0.05, 0) is 19.1 Å². The van der Waals surface area contributed by atoms with Crippen molar-refractivity contribution in [3.8, 4) is 0 Å². The summed E-state index contributed by atoms with van der Waals surface area (Å²) in [4.78, 5) is 23.2. The van der Waals surface area contributed by atoms with Crippen LogP contribution in [0, 0.1) is 0 Å². The maximum atomic E-state index is 12.2. The molecule has 1 atom stereocenters. The average Bonchev–Trinajstić information content (AvgIpc) is 2.44. The van der Waals surface area contributed by atoms with Gasteiger partial charge in [0.2, 0.25) is 0 Å². The number of rotatable bonds is 3. The predicted octanol–water partition coefficient (Wildman–Crippen LogP) is 2.88. The number of carboxylic acid groups (broad SMARTS) is 1. The van der Waals surface area contributed by atoms with Gasteiger partial charge in [0.1, 0.15) is 5.38 Å². The van der Waals surface area contributed by atoms with E-state index in [9.17, 15) is 9.59 Å². The fraction of sp³-hybridized carbons (Fsp3) is 0.200. The number of methoxy groups -OCH3 is 1. The first-order valence-electron chi connectivity index (χ1n) is 5.94. The number of carboxylic acids is 1. The van der Waals surface area contributed by atoms with Crippen molar-refractivity contribution in [2.45, 2.75) is 12.3 Å². The van der Waals surface area contributed by atoms with Gasteiger partial charge in [0, 0.05) is 11.1 Å². The summed E-state index contributed by atoms with van der Waals surface area (Å²) in [5.41, 5.74) is 1.57. The Morgan fingerprint density at radius 1 is 1.35 bits per heavy atom. The molecule has 0 bridgehead atoms. The van der Waals surface area contributed by atoms with Crippen LogP contribution in [0.5, 0.6) is 0 Å². The van der Waals surface area contributed by atoms with Gasteiger partial charge >= 0.3 is 11.7 Å². The lowest BCUT2D eigenvalue weighted by Crippen LogP contribution is -2.24. The molecule has 1 aromatic carbocycles. The first-order valence-corrected chi connectivity index (χ1v) is 6.38. The van der Waals surface area contributed by atoms with E-state index >= 15 is 0 Å². The minimum absolute atomic E-state index is 0.0902. The fourth-order valence-corrected chi connectivity index (χ4v) is 2.39. The van der Waals surface area contributed by atoms with E-state index < -0.39 is 11.3 Å². The van der Waals surface area contributed by atoms with Crippen LogP contribution in [-0.2, 0) is 9.53 Å². The van der Waals surface area contributed by atoms with Crippen molar-refractivity contribution in [3.05, 3.63) is 52.6 Å². The molecular weight excluding hydrogens is 280 g/mol. The maximum Gasteiger partial charge on any atom is 0.356 e. The molecule has 1 aliphatic carbocycles. The highest BCUT2D eigenvalue weighted by atomic mass is 35.5. The number of hydrogen-bond acceptors (Lipinski definition) is 3. The van der Waals surface area contributed by atoms with Gasteiger partial charge in [0.05, 0.1) is 11.1 Å². The summed E-state index contributed by atoms with van der Waals surface area (Å²) in [5.74, 6) is -0.892. The third-order valence-corrected chi connectivity index (χ3v) is 3.55. The Hall–Kier alpha value is -2.07. The molecule has 1 aliphatic rings. The summed E-state index contributed by atoms with van der Waals surface area (Å²) in [6, 6.07) is 6.96. The highest BCUT2D eigenvalue weighted by Crippen LogP contribution is 2.35. The van der Waals surface area contributed by atoms with Crippen LogP contribution in [0.2, 0.25) is 0 Å². The number of allylic oxidation sites excluding steroid dienone is 2. The van der Waals surface area contributed by atoms with E-state index in [2.05, 4.69) is 0 Å². The summed E-state index contributed by atoms with van der Waals surface area (Å²) in [6.07, 6.45) is 1.38. The number of benzene rings is 1. The van der Waals surface area contributed by atoms with Gasteiger partial charge < -0.3 is 5.11 Å². The maximum absolute atomic E-state index is 12.2. The second-order valence-electron chi connectivity index (χ2n) is 4.39. The molecule has 1 N–H and O–H groups in total. The number of ether oxygens (including phenoxy) is 1. The molecule has 4 nitrogen and oxygen atoms in total. The van der Waals surface area contributed by atoms with Crippen molar-refractivity contribution in [3.63, 3.8) is 0 Å². The zero-order valence-electron chi connectivity index (χ0n) is 11.0. The van der Waals surface area contributed by atoms with Gasteiger partial charge in [-0.25, -0.2) is 4.79 Å². The first kappa shape index (κ1) is 14.3. The molecule has 0 aromatic heterocycles. The third kappa shape index (κ3) is 2.34. The van der Waals surface area contributed by atoms with Crippen molar-refractivity contribution < 1.29 is 19.4 Å². The Bertz CT molecular complexity index is 643. The second kappa shape index (κ2) is 5.51. The molecule has 0 saturated heterocycles. The van der Waals surface area contributed by atoms with Crippen molar-refractivity contribution in [1.82, 2.24) is 0 Å². The second-order valence-corrected chi connectivity index (χ2v) is 4.83. The number of halogens is 1. The molecule has 5 heteroatoms. The predicted molar refractivity (Wildman–Crippen MR) is 75.7 cm³/mol. The minimum atomic E-state index is -1.07. The topological polar surface area (TPSA) is 65.7 Å².